The Bertz CT molecular complexity index is 670. The van der Waals surface area contributed by atoms with E-state index in [0.717, 1.165) is 19.3 Å². The number of rotatable bonds is 5. The molecular formula is C18H27NO3S. The number of carbonyl (C=O) groups excluding carboxylic acids is 1. The van der Waals surface area contributed by atoms with Crippen molar-refractivity contribution in [3.05, 3.63) is 12.2 Å². The second-order valence-electron chi connectivity index (χ2n) is 8.76. The number of fused-ring (bicyclic) bond motifs is 4. The average molecular weight is 337 g/mol. The van der Waals surface area contributed by atoms with E-state index in [2.05, 4.69) is 16.9 Å². The molecule has 4 aliphatic carbocycles. The molecule has 3 fully saturated rings. The van der Waals surface area contributed by atoms with Crippen molar-refractivity contribution in [3.63, 3.8) is 0 Å². The van der Waals surface area contributed by atoms with Crippen molar-refractivity contribution in [2.24, 2.45) is 34.5 Å². The van der Waals surface area contributed by atoms with E-state index >= 15 is 0 Å². The van der Waals surface area contributed by atoms with Gasteiger partial charge < -0.3 is 0 Å². The summed E-state index contributed by atoms with van der Waals surface area (Å²) in [5.41, 5.74) is -0.841. The fourth-order valence-corrected chi connectivity index (χ4v) is 7.75. The maximum atomic E-state index is 12.7. The van der Waals surface area contributed by atoms with Crippen LogP contribution in [0.1, 0.15) is 46.0 Å². The number of allylic oxidation sites excluding steroid dienone is 2. The van der Waals surface area contributed by atoms with Gasteiger partial charge in [0.05, 0.1) is 5.75 Å². The van der Waals surface area contributed by atoms with Crippen molar-refractivity contribution in [2.45, 2.75) is 46.0 Å². The summed E-state index contributed by atoms with van der Waals surface area (Å²) in [6.07, 6.45) is 9.24. The van der Waals surface area contributed by atoms with Gasteiger partial charge in [-0.3, -0.25) is 4.79 Å². The Kier molecular flexibility index (Phi) is 3.38. The molecule has 4 rings (SSSR count). The molecule has 0 saturated heterocycles. The predicted octanol–water partition coefficient (Wildman–Crippen LogP) is 2.51. The molecule has 3 saturated carbocycles. The zero-order valence-corrected chi connectivity index (χ0v) is 14.9. The van der Waals surface area contributed by atoms with Gasteiger partial charge in [0.2, 0.25) is 10.0 Å². The molecule has 23 heavy (non-hydrogen) atoms. The molecule has 0 amide bonds. The van der Waals surface area contributed by atoms with Crippen molar-refractivity contribution < 1.29 is 13.2 Å². The fourth-order valence-electron chi connectivity index (χ4n) is 5.84. The molecule has 6 atom stereocenters. The van der Waals surface area contributed by atoms with Gasteiger partial charge in [-0.2, -0.15) is 0 Å². The molecular weight excluding hydrogens is 310 g/mol. The third-order valence-corrected chi connectivity index (χ3v) is 9.26. The minimum absolute atomic E-state index is 0.101. The Balaban J connectivity index is 1.44. The zero-order valence-electron chi connectivity index (χ0n) is 14.0. The standard InChI is InChI=1S/C18H27NO3S/c1-17-6-5-15(9-16(17)20)18(17,2)11-23(21,22)19-10-14-8-12-3-4-13(14)7-12/h3-4,12-15,19H,5-11H2,1-2H3. The highest BCUT2D eigenvalue weighted by Crippen LogP contribution is 2.64. The van der Waals surface area contributed by atoms with Gasteiger partial charge >= 0.3 is 0 Å². The van der Waals surface area contributed by atoms with Crippen LogP contribution >= 0.6 is 0 Å². The van der Waals surface area contributed by atoms with Crippen LogP contribution < -0.4 is 4.72 Å². The second kappa shape index (κ2) is 4.92. The van der Waals surface area contributed by atoms with E-state index in [1.165, 1.54) is 6.42 Å². The monoisotopic (exact) mass is 337 g/mol. The smallest absolute Gasteiger partial charge is 0.212 e. The van der Waals surface area contributed by atoms with Gasteiger partial charge in [0.1, 0.15) is 5.78 Å². The van der Waals surface area contributed by atoms with E-state index in [1.807, 2.05) is 13.8 Å². The lowest BCUT2D eigenvalue weighted by Gasteiger charge is -2.36. The molecule has 0 heterocycles. The van der Waals surface area contributed by atoms with Crippen LogP contribution in [0.3, 0.4) is 0 Å². The lowest BCUT2D eigenvalue weighted by atomic mass is 9.70. The van der Waals surface area contributed by atoms with Crippen LogP contribution in [0.4, 0.5) is 0 Å². The first-order chi connectivity index (χ1) is 10.7. The molecule has 0 radical (unpaired) electrons. The van der Waals surface area contributed by atoms with Crippen molar-refractivity contribution in [2.75, 3.05) is 12.3 Å². The van der Waals surface area contributed by atoms with Crippen LogP contribution in [0.2, 0.25) is 0 Å². The van der Waals surface area contributed by atoms with Gasteiger partial charge in [-0.05, 0) is 54.8 Å². The third-order valence-electron chi connectivity index (χ3n) is 7.67. The normalized spacial score (nSPS) is 47.8. The Morgan fingerprint density at radius 2 is 2.04 bits per heavy atom. The van der Waals surface area contributed by atoms with Crippen molar-refractivity contribution in [3.8, 4) is 0 Å². The Hall–Kier alpha value is -0.680. The summed E-state index contributed by atoms with van der Waals surface area (Å²) < 4.78 is 28.2. The SMILES string of the molecule is CC12CCC(CC1=O)C2(C)CS(=O)(=O)NCC1CC2C=CC1C2. The molecule has 6 unspecified atom stereocenters. The molecule has 0 spiro atoms. The Morgan fingerprint density at radius 1 is 1.26 bits per heavy atom. The lowest BCUT2D eigenvalue weighted by molar-refractivity contribution is -0.128. The van der Waals surface area contributed by atoms with Crippen LogP contribution in [0, 0.1) is 34.5 Å². The van der Waals surface area contributed by atoms with Crippen molar-refractivity contribution in [1.82, 2.24) is 4.72 Å². The van der Waals surface area contributed by atoms with E-state index < -0.39 is 20.9 Å². The summed E-state index contributed by atoms with van der Waals surface area (Å²) in [6, 6.07) is 0. The third kappa shape index (κ3) is 2.26. The Labute approximate surface area is 139 Å². The molecule has 1 N–H and O–H groups in total. The molecule has 4 aliphatic rings. The zero-order chi connectivity index (χ0) is 16.5. The lowest BCUT2D eigenvalue weighted by Crippen LogP contribution is -2.44. The molecule has 0 aromatic rings. The van der Waals surface area contributed by atoms with E-state index in [9.17, 15) is 13.2 Å². The highest BCUT2D eigenvalue weighted by Gasteiger charge is 2.64. The summed E-state index contributed by atoms with van der Waals surface area (Å²) in [6.45, 7) is 4.56. The molecule has 0 aromatic carbocycles. The first-order valence-electron chi connectivity index (χ1n) is 8.92. The number of hydrogen-bond donors (Lipinski definition) is 1. The highest BCUT2D eigenvalue weighted by atomic mass is 32.2. The van der Waals surface area contributed by atoms with Crippen LogP contribution in [0.5, 0.6) is 0 Å². The summed E-state index contributed by atoms with van der Waals surface area (Å²) in [7, 11) is -3.34. The van der Waals surface area contributed by atoms with E-state index in [4.69, 9.17) is 0 Å². The van der Waals surface area contributed by atoms with Gasteiger partial charge in [0, 0.05) is 18.4 Å². The molecule has 4 bridgehead atoms. The average Bonchev–Trinajstić information content (AvgIpc) is 3.18. The van der Waals surface area contributed by atoms with Gasteiger partial charge in [0.15, 0.2) is 0 Å². The van der Waals surface area contributed by atoms with E-state index in [0.29, 0.717) is 30.7 Å². The van der Waals surface area contributed by atoms with Crippen LogP contribution in [-0.4, -0.2) is 26.5 Å². The predicted molar refractivity (Wildman–Crippen MR) is 89.2 cm³/mol. The maximum Gasteiger partial charge on any atom is 0.212 e. The molecule has 0 aliphatic heterocycles. The second-order valence-corrected chi connectivity index (χ2v) is 10.6. The Morgan fingerprint density at radius 3 is 2.57 bits per heavy atom. The molecule has 4 nitrogen and oxygen atoms in total. The van der Waals surface area contributed by atoms with Crippen molar-refractivity contribution >= 4 is 15.8 Å². The van der Waals surface area contributed by atoms with Gasteiger partial charge in [-0.1, -0.05) is 26.0 Å². The maximum absolute atomic E-state index is 12.7. The highest BCUT2D eigenvalue weighted by molar-refractivity contribution is 7.89. The number of carbonyl (C=O) groups is 1. The molecule has 128 valence electrons. The number of hydrogen-bond acceptors (Lipinski definition) is 3. The van der Waals surface area contributed by atoms with Crippen LogP contribution in [0.15, 0.2) is 12.2 Å². The summed E-state index contributed by atoms with van der Waals surface area (Å²) >= 11 is 0. The molecule has 5 heteroatoms. The number of ketones is 1. The summed E-state index contributed by atoms with van der Waals surface area (Å²) in [5, 5.41) is 0. The minimum Gasteiger partial charge on any atom is -0.299 e. The first kappa shape index (κ1) is 15.8. The minimum atomic E-state index is -3.34. The number of Topliss-reactive ketones (excluding diaryl/α,β-unsaturated/α-hetero) is 1. The van der Waals surface area contributed by atoms with Gasteiger partial charge in [0.25, 0.3) is 0 Å². The van der Waals surface area contributed by atoms with E-state index in [-0.39, 0.29) is 17.5 Å². The van der Waals surface area contributed by atoms with Crippen LogP contribution in [-0.2, 0) is 14.8 Å². The van der Waals surface area contributed by atoms with Crippen LogP contribution in [0.25, 0.3) is 0 Å². The quantitative estimate of drug-likeness (QED) is 0.784. The van der Waals surface area contributed by atoms with Gasteiger partial charge in [-0.15, -0.1) is 0 Å². The number of nitrogens with one attached hydrogen (secondary N) is 1. The number of sulfonamides is 1. The molecule has 0 aromatic heterocycles. The summed E-state index contributed by atoms with van der Waals surface area (Å²) in [5.74, 6) is 2.27. The topological polar surface area (TPSA) is 63.2 Å². The first-order valence-corrected chi connectivity index (χ1v) is 10.6. The fraction of sp³-hybridized carbons (Fsp3) is 0.833. The van der Waals surface area contributed by atoms with Gasteiger partial charge in [-0.25, -0.2) is 13.1 Å². The van der Waals surface area contributed by atoms with Crippen molar-refractivity contribution in [1.29, 1.82) is 0 Å². The largest absolute Gasteiger partial charge is 0.299 e. The van der Waals surface area contributed by atoms with E-state index in [1.54, 1.807) is 0 Å². The summed E-state index contributed by atoms with van der Waals surface area (Å²) in [4.78, 5) is 12.3.